The lowest BCUT2D eigenvalue weighted by Gasteiger charge is -2.25. The van der Waals surface area contributed by atoms with Crippen molar-refractivity contribution in [3.63, 3.8) is 0 Å². The van der Waals surface area contributed by atoms with E-state index in [-0.39, 0.29) is 11.4 Å². The van der Waals surface area contributed by atoms with Gasteiger partial charge in [0.25, 0.3) is 5.91 Å². The number of nitrogens with one attached hydrogen (secondary N) is 1. The van der Waals surface area contributed by atoms with Crippen molar-refractivity contribution in [2.45, 2.75) is 39.7 Å². The lowest BCUT2D eigenvalue weighted by molar-refractivity contribution is 0.0910. The van der Waals surface area contributed by atoms with E-state index in [0.717, 1.165) is 12.0 Å². The molecule has 1 aromatic carbocycles. The Kier molecular flexibility index (Phi) is 4.29. The van der Waals surface area contributed by atoms with Gasteiger partial charge in [-0.15, -0.1) is 0 Å². The number of benzene rings is 1. The first-order valence-electron chi connectivity index (χ1n) is 5.95. The van der Waals surface area contributed by atoms with Gasteiger partial charge < -0.3 is 11.1 Å². The molecule has 17 heavy (non-hydrogen) atoms. The van der Waals surface area contributed by atoms with Gasteiger partial charge in [-0.05, 0) is 63.9 Å². The van der Waals surface area contributed by atoms with Crippen LogP contribution in [0.4, 0.5) is 0 Å². The molecule has 3 heteroatoms. The molecule has 1 aromatic rings. The van der Waals surface area contributed by atoms with Gasteiger partial charge in [0.05, 0.1) is 0 Å². The summed E-state index contributed by atoms with van der Waals surface area (Å²) in [5.74, 6) is -0.0356. The summed E-state index contributed by atoms with van der Waals surface area (Å²) in [7, 11) is 0. The third-order valence-corrected chi connectivity index (χ3v) is 2.99. The molecular weight excluding hydrogens is 212 g/mol. The van der Waals surface area contributed by atoms with E-state index in [2.05, 4.69) is 5.32 Å². The second kappa shape index (κ2) is 5.32. The molecule has 0 bridgehead atoms. The first-order chi connectivity index (χ1) is 7.85. The molecule has 1 amide bonds. The van der Waals surface area contributed by atoms with Gasteiger partial charge >= 0.3 is 0 Å². The number of nitrogens with two attached hydrogens (primary N) is 1. The van der Waals surface area contributed by atoms with Gasteiger partial charge in [-0.2, -0.15) is 0 Å². The Bertz CT molecular complexity index is 411. The Morgan fingerprint density at radius 2 is 1.94 bits per heavy atom. The number of hydrogen-bond acceptors (Lipinski definition) is 2. The van der Waals surface area contributed by atoms with Crippen LogP contribution in [-0.2, 0) is 0 Å². The van der Waals surface area contributed by atoms with Crippen molar-refractivity contribution in [3.05, 3.63) is 34.9 Å². The molecule has 0 heterocycles. The van der Waals surface area contributed by atoms with Crippen LogP contribution in [0.3, 0.4) is 0 Å². The van der Waals surface area contributed by atoms with E-state index in [1.165, 1.54) is 5.56 Å². The van der Waals surface area contributed by atoms with Crippen molar-refractivity contribution in [1.82, 2.24) is 5.32 Å². The van der Waals surface area contributed by atoms with Crippen molar-refractivity contribution in [1.29, 1.82) is 0 Å². The standard InChI is InChI=1S/C14H22N2O/c1-10-5-6-12(9-11(10)2)13(17)16-14(3,4)7-8-15/h5-6,9H,7-8,15H2,1-4H3,(H,16,17). The van der Waals surface area contributed by atoms with Crippen LogP contribution in [-0.4, -0.2) is 18.0 Å². The minimum absolute atomic E-state index is 0.0356. The molecule has 0 saturated carbocycles. The molecule has 3 N–H and O–H groups in total. The van der Waals surface area contributed by atoms with Crippen LogP contribution in [0.25, 0.3) is 0 Å². The van der Waals surface area contributed by atoms with E-state index in [1.807, 2.05) is 45.9 Å². The molecular formula is C14H22N2O. The van der Waals surface area contributed by atoms with Crippen LogP contribution in [0, 0.1) is 13.8 Å². The summed E-state index contributed by atoms with van der Waals surface area (Å²) in [5.41, 5.74) is 8.30. The fourth-order valence-electron chi connectivity index (χ4n) is 1.69. The lowest BCUT2D eigenvalue weighted by Crippen LogP contribution is -2.44. The van der Waals surface area contributed by atoms with Crippen LogP contribution in [0.2, 0.25) is 0 Å². The van der Waals surface area contributed by atoms with E-state index in [0.29, 0.717) is 12.1 Å². The average Bonchev–Trinajstić information content (AvgIpc) is 2.21. The molecule has 0 unspecified atom stereocenters. The van der Waals surface area contributed by atoms with Crippen LogP contribution in [0.1, 0.15) is 41.8 Å². The third kappa shape index (κ3) is 3.86. The van der Waals surface area contributed by atoms with Gasteiger partial charge in [-0.3, -0.25) is 4.79 Å². The summed E-state index contributed by atoms with van der Waals surface area (Å²) < 4.78 is 0. The van der Waals surface area contributed by atoms with E-state index < -0.39 is 0 Å². The largest absolute Gasteiger partial charge is 0.347 e. The molecule has 0 atom stereocenters. The molecule has 3 nitrogen and oxygen atoms in total. The first-order valence-corrected chi connectivity index (χ1v) is 5.95. The number of aryl methyl sites for hydroxylation is 2. The summed E-state index contributed by atoms with van der Waals surface area (Å²) in [6.45, 7) is 8.59. The van der Waals surface area contributed by atoms with Gasteiger partial charge in [0.15, 0.2) is 0 Å². The van der Waals surface area contributed by atoms with Crippen LogP contribution < -0.4 is 11.1 Å². The molecule has 0 fully saturated rings. The Morgan fingerprint density at radius 3 is 2.47 bits per heavy atom. The number of hydrogen-bond donors (Lipinski definition) is 2. The summed E-state index contributed by atoms with van der Waals surface area (Å²) in [5, 5.41) is 3.00. The molecule has 0 spiro atoms. The molecule has 0 aliphatic heterocycles. The van der Waals surface area contributed by atoms with Crippen molar-refractivity contribution in [2.75, 3.05) is 6.54 Å². The van der Waals surface area contributed by atoms with Gasteiger partial charge in [0, 0.05) is 11.1 Å². The predicted octanol–water partition coefficient (Wildman–Crippen LogP) is 2.16. The number of amides is 1. The summed E-state index contributed by atoms with van der Waals surface area (Å²) in [6, 6.07) is 5.75. The average molecular weight is 234 g/mol. The highest BCUT2D eigenvalue weighted by Crippen LogP contribution is 2.12. The summed E-state index contributed by atoms with van der Waals surface area (Å²) >= 11 is 0. The van der Waals surface area contributed by atoms with E-state index in [4.69, 9.17) is 5.73 Å². The normalized spacial score (nSPS) is 11.4. The van der Waals surface area contributed by atoms with Crippen LogP contribution in [0.5, 0.6) is 0 Å². The van der Waals surface area contributed by atoms with Gasteiger partial charge in [-0.25, -0.2) is 0 Å². The highest BCUT2D eigenvalue weighted by atomic mass is 16.1. The Hall–Kier alpha value is -1.35. The Balaban J connectivity index is 2.80. The maximum atomic E-state index is 12.0. The Labute approximate surface area is 103 Å². The molecule has 0 radical (unpaired) electrons. The maximum absolute atomic E-state index is 12.0. The van der Waals surface area contributed by atoms with Crippen molar-refractivity contribution < 1.29 is 4.79 Å². The zero-order valence-electron chi connectivity index (χ0n) is 11.1. The minimum atomic E-state index is -0.259. The quantitative estimate of drug-likeness (QED) is 0.838. The predicted molar refractivity (Wildman–Crippen MR) is 71.1 cm³/mol. The SMILES string of the molecule is Cc1ccc(C(=O)NC(C)(C)CCN)cc1C. The van der Waals surface area contributed by atoms with Crippen LogP contribution >= 0.6 is 0 Å². The van der Waals surface area contributed by atoms with E-state index >= 15 is 0 Å². The topological polar surface area (TPSA) is 55.1 Å². The molecule has 0 aliphatic carbocycles. The monoisotopic (exact) mass is 234 g/mol. The maximum Gasteiger partial charge on any atom is 0.251 e. The van der Waals surface area contributed by atoms with E-state index in [1.54, 1.807) is 0 Å². The van der Waals surface area contributed by atoms with Gasteiger partial charge in [0.1, 0.15) is 0 Å². The smallest absolute Gasteiger partial charge is 0.251 e. The molecule has 0 saturated heterocycles. The zero-order chi connectivity index (χ0) is 13.1. The minimum Gasteiger partial charge on any atom is -0.347 e. The van der Waals surface area contributed by atoms with Crippen molar-refractivity contribution in [3.8, 4) is 0 Å². The van der Waals surface area contributed by atoms with Crippen molar-refractivity contribution in [2.24, 2.45) is 5.73 Å². The van der Waals surface area contributed by atoms with E-state index in [9.17, 15) is 4.79 Å². The molecule has 0 aliphatic rings. The molecule has 94 valence electrons. The second-order valence-corrected chi connectivity index (χ2v) is 5.18. The molecule has 0 aromatic heterocycles. The fraction of sp³-hybridized carbons (Fsp3) is 0.500. The van der Waals surface area contributed by atoms with Crippen LogP contribution in [0.15, 0.2) is 18.2 Å². The Morgan fingerprint density at radius 1 is 1.29 bits per heavy atom. The van der Waals surface area contributed by atoms with Crippen molar-refractivity contribution >= 4 is 5.91 Å². The first kappa shape index (κ1) is 13.7. The van der Waals surface area contributed by atoms with Gasteiger partial charge in [0.2, 0.25) is 0 Å². The number of carbonyl (C=O) groups excluding carboxylic acids is 1. The summed E-state index contributed by atoms with van der Waals surface area (Å²) in [4.78, 5) is 12.0. The second-order valence-electron chi connectivity index (χ2n) is 5.18. The highest BCUT2D eigenvalue weighted by Gasteiger charge is 2.20. The number of carbonyl (C=O) groups is 1. The third-order valence-electron chi connectivity index (χ3n) is 2.99. The fourth-order valence-corrected chi connectivity index (χ4v) is 1.69. The zero-order valence-corrected chi connectivity index (χ0v) is 11.1. The molecule has 1 rings (SSSR count). The highest BCUT2D eigenvalue weighted by molar-refractivity contribution is 5.94. The number of rotatable bonds is 4. The van der Waals surface area contributed by atoms with Gasteiger partial charge in [-0.1, -0.05) is 6.07 Å². The lowest BCUT2D eigenvalue weighted by atomic mass is 9.99. The summed E-state index contributed by atoms with van der Waals surface area (Å²) in [6.07, 6.45) is 0.767.